The zero-order valence-electron chi connectivity index (χ0n) is 8.36. The van der Waals surface area contributed by atoms with Crippen LogP contribution in [0.15, 0.2) is 36.4 Å². The highest BCUT2D eigenvalue weighted by Crippen LogP contribution is 2.29. The summed E-state index contributed by atoms with van der Waals surface area (Å²) in [4.78, 5) is 21.5. The van der Waals surface area contributed by atoms with Crippen LogP contribution in [0.1, 0.15) is 15.9 Å². The van der Waals surface area contributed by atoms with Crippen LogP contribution in [-0.2, 0) is 11.0 Å². The molecule has 0 unspecified atom stereocenters. The summed E-state index contributed by atoms with van der Waals surface area (Å²) in [7, 11) is 0. The van der Waals surface area contributed by atoms with Crippen molar-refractivity contribution in [2.24, 2.45) is 0 Å². The van der Waals surface area contributed by atoms with Crippen molar-refractivity contribution in [2.75, 3.05) is 0 Å². The summed E-state index contributed by atoms with van der Waals surface area (Å²) >= 11 is 0. The Bertz CT molecular complexity index is 475. The zero-order chi connectivity index (χ0) is 13.1. The molecule has 0 aromatic heterocycles. The molecule has 3 nitrogen and oxygen atoms in total. The number of carboxylic acids is 1. The topological polar surface area (TPSA) is 54.4 Å². The van der Waals surface area contributed by atoms with Gasteiger partial charge >= 0.3 is 12.1 Å². The number of alkyl halides is 3. The molecule has 0 bridgehead atoms. The van der Waals surface area contributed by atoms with Crippen molar-refractivity contribution >= 4 is 11.8 Å². The summed E-state index contributed by atoms with van der Waals surface area (Å²) in [5, 5.41) is 8.27. The van der Waals surface area contributed by atoms with E-state index >= 15 is 0 Å². The second-order valence-electron chi connectivity index (χ2n) is 3.11. The maximum atomic E-state index is 12.3. The van der Waals surface area contributed by atoms with Gasteiger partial charge in [-0.05, 0) is 18.2 Å². The number of rotatable bonds is 3. The normalized spacial score (nSPS) is 11.7. The molecule has 0 aliphatic rings. The van der Waals surface area contributed by atoms with Crippen LogP contribution in [0.2, 0.25) is 0 Å². The molecule has 1 rings (SSSR count). The minimum Gasteiger partial charge on any atom is -0.478 e. The molecule has 6 heteroatoms. The van der Waals surface area contributed by atoms with Gasteiger partial charge in [0.25, 0.3) is 0 Å². The summed E-state index contributed by atoms with van der Waals surface area (Å²) in [6, 6.07) is 3.78. The number of carboxylic acid groups (broad SMARTS) is 1. The summed E-state index contributed by atoms with van der Waals surface area (Å²) in [5.41, 5.74) is -1.16. The van der Waals surface area contributed by atoms with E-state index in [0.717, 1.165) is 12.1 Å². The summed E-state index contributed by atoms with van der Waals surface area (Å²) < 4.78 is 37.0. The van der Waals surface area contributed by atoms with E-state index in [4.69, 9.17) is 5.11 Å². The van der Waals surface area contributed by atoms with Gasteiger partial charge in [0.1, 0.15) is 0 Å². The smallest absolute Gasteiger partial charge is 0.416 e. The summed E-state index contributed by atoms with van der Waals surface area (Å²) in [5.74, 6) is -2.14. The van der Waals surface area contributed by atoms with Gasteiger partial charge in [-0.2, -0.15) is 13.2 Å². The van der Waals surface area contributed by atoms with E-state index in [1.807, 2.05) is 0 Å². The van der Waals surface area contributed by atoms with Crippen LogP contribution in [0.5, 0.6) is 0 Å². The van der Waals surface area contributed by atoms with Gasteiger partial charge in [-0.25, -0.2) is 4.79 Å². The Morgan fingerprint density at radius 3 is 2.35 bits per heavy atom. The van der Waals surface area contributed by atoms with Gasteiger partial charge < -0.3 is 5.11 Å². The number of aliphatic carboxylic acids is 1. The molecule has 17 heavy (non-hydrogen) atoms. The van der Waals surface area contributed by atoms with Crippen LogP contribution in [0.25, 0.3) is 0 Å². The van der Waals surface area contributed by atoms with Crippen LogP contribution in [0.3, 0.4) is 0 Å². The zero-order valence-corrected chi connectivity index (χ0v) is 8.36. The minimum absolute atomic E-state index is 0.211. The Morgan fingerprint density at radius 1 is 1.18 bits per heavy atom. The maximum Gasteiger partial charge on any atom is 0.416 e. The van der Waals surface area contributed by atoms with E-state index in [2.05, 4.69) is 0 Å². The monoisotopic (exact) mass is 244 g/mol. The lowest BCUT2D eigenvalue weighted by Crippen LogP contribution is -2.06. The highest BCUT2D eigenvalue weighted by Gasteiger charge is 2.30. The molecule has 0 atom stereocenters. The molecule has 0 aliphatic heterocycles. The number of benzene rings is 1. The number of ketones is 1. The lowest BCUT2D eigenvalue weighted by Gasteiger charge is -2.06. The van der Waals surface area contributed by atoms with Gasteiger partial charge in [0.15, 0.2) is 5.78 Å². The maximum absolute atomic E-state index is 12.3. The largest absolute Gasteiger partial charge is 0.478 e. The molecule has 0 aliphatic carbocycles. The lowest BCUT2D eigenvalue weighted by atomic mass is 10.1. The second-order valence-corrected chi connectivity index (χ2v) is 3.11. The Morgan fingerprint density at radius 2 is 1.82 bits per heavy atom. The van der Waals surface area contributed by atoms with E-state index in [9.17, 15) is 22.8 Å². The first-order chi connectivity index (χ1) is 7.80. The fourth-order valence-electron chi connectivity index (χ4n) is 1.09. The van der Waals surface area contributed by atoms with E-state index < -0.39 is 23.5 Å². The number of halogens is 3. The fraction of sp³-hybridized carbons (Fsp3) is 0.0909. The first kappa shape index (κ1) is 13.0. The quantitative estimate of drug-likeness (QED) is 0.656. The van der Waals surface area contributed by atoms with Crippen LogP contribution in [-0.4, -0.2) is 16.9 Å². The third kappa shape index (κ3) is 3.75. The third-order valence-corrected chi connectivity index (χ3v) is 1.85. The molecule has 0 heterocycles. The Balaban J connectivity index is 3.00. The predicted molar refractivity (Wildman–Crippen MR) is 52.6 cm³/mol. The van der Waals surface area contributed by atoms with E-state index in [0.29, 0.717) is 18.2 Å². The van der Waals surface area contributed by atoms with Crippen molar-refractivity contribution in [1.82, 2.24) is 0 Å². The van der Waals surface area contributed by atoms with Crippen molar-refractivity contribution in [2.45, 2.75) is 6.18 Å². The van der Waals surface area contributed by atoms with Crippen molar-refractivity contribution in [3.05, 3.63) is 47.5 Å². The second kappa shape index (κ2) is 4.82. The van der Waals surface area contributed by atoms with E-state index in [1.54, 1.807) is 0 Å². The van der Waals surface area contributed by atoms with Crippen molar-refractivity contribution < 1.29 is 27.9 Å². The predicted octanol–water partition coefficient (Wildman–Crippen LogP) is 2.53. The fourth-order valence-corrected chi connectivity index (χ4v) is 1.09. The molecular formula is C11H7F3O3. The number of hydrogen-bond acceptors (Lipinski definition) is 2. The van der Waals surface area contributed by atoms with Gasteiger partial charge in [0.2, 0.25) is 0 Å². The van der Waals surface area contributed by atoms with E-state index in [-0.39, 0.29) is 5.56 Å². The SMILES string of the molecule is O=C(O)C=CC(=O)c1cccc(C(F)(F)F)c1. The average molecular weight is 244 g/mol. The first-order valence-electron chi connectivity index (χ1n) is 4.43. The van der Waals surface area contributed by atoms with E-state index in [1.165, 1.54) is 6.07 Å². The molecule has 0 amide bonds. The van der Waals surface area contributed by atoms with Crippen LogP contribution >= 0.6 is 0 Å². The number of allylic oxidation sites excluding steroid dienone is 1. The average Bonchev–Trinajstić information content (AvgIpc) is 2.25. The van der Waals surface area contributed by atoms with Gasteiger partial charge in [0.05, 0.1) is 5.56 Å². The van der Waals surface area contributed by atoms with Crippen molar-refractivity contribution in [3.63, 3.8) is 0 Å². The molecule has 0 radical (unpaired) electrons. The van der Waals surface area contributed by atoms with Gasteiger partial charge in [-0.1, -0.05) is 12.1 Å². The van der Waals surface area contributed by atoms with Gasteiger partial charge in [-0.15, -0.1) is 0 Å². The van der Waals surface area contributed by atoms with Crippen molar-refractivity contribution in [1.29, 1.82) is 0 Å². The van der Waals surface area contributed by atoms with Crippen LogP contribution < -0.4 is 0 Å². The number of hydrogen-bond donors (Lipinski definition) is 1. The standard InChI is InChI=1S/C11H7F3O3/c12-11(13,14)8-3-1-2-7(6-8)9(15)4-5-10(16)17/h1-6H,(H,16,17). The molecule has 0 fully saturated rings. The highest BCUT2D eigenvalue weighted by molar-refractivity contribution is 6.06. The first-order valence-corrected chi connectivity index (χ1v) is 4.43. The number of carbonyl (C=O) groups is 2. The molecule has 1 aromatic carbocycles. The minimum atomic E-state index is -4.53. The third-order valence-electron chi connectivity index (χ3n) is 1.85. The summed E-state index contributed by atoms with van der Waals surface area (Å²) in [6.07, 6.45) is -3.26. The Labute approximate surface area is 94.2 Å². The summed E-state index contributed by atoms with van der Waals surface area (Å²) in [6.45, 7) is 0. The van der Waals surface area contributed by atoms with Gasteiger partial charge in [-0.3, -0.25) is 4.79 Å². The molecule has 90 valence electrons. The van der Waals surface area contributed by atoms with Gasteiger partial charge in [0, 0.05) is 11.6 Å². The van der Waals surface area contributed by atoms with Crippen LogP contribution in [0, 0.1) is 0 Å². The molecule has 0 saturated carbocycles. The highest BCUT2D eigenvalue weighted by atomic mass is 19.4. The number of carbonyl (C=O) groups excluding carboxylic acids is 1. The Kier molecular flexibility index (Phi) is 3.67. The molecule has 1 aromatic rings. The van der Waals surface area contributed by atoms with Crippen LogP contribution in [0.4, 0.5) is 13.2 Å². The molecular weight excluding hydrogens is 237 g/mol. The lowest BCUT2D eigenvalue weighted by molar-refractivity contribution is -0.137. The molecule has 0 spiro atoms. The van der Waals surface area contributed by atoms with Crippen molar-refractivity contribution in [3.8, 4) is 0 Å². The molecule has 0 saturated heterocycles. The Hall–Kier alpha value is -2.11. The molecule has 1 N–H and O–H groups in total.